The van der Waals surface area contributed by atoms with Crippen LogP contribution in [0.2, 0.25) is 17.3 Å². The van der Waals surface area contributed by atoms with Gasteiger partial charge in [0.05, 0.1) is 0 Å². The Bertz CT molecular complexity index is 2060. The van der Waals surface area contributed by atoms with Gasteiger partial charge in [0.2, 0.25) is 0 Å². The van der Waals surface area contributed by atoms with Crippen LogP contribution in [0.1, 0.15) is 72.8 Å². The quantitative estimate of drug-likeness (QED) is 0.0499. The number of hydrogen-bond donors (Lipinski definition) is 1. The fourth-order valence-corrected chi connectivity index (χ4v) is 10.7. The number of thiophene rings is 1. The van der Waals surface area contributed by atoms with Gasteiger partial charge in [-0.1, -0.05) is 41.5 Å². The number of aromatic nitrogens is 1. The number of fused-ring (bicyclic) bond motifs is 2. The maximum atomic E-state index is 14.6. The number of nitrogens with zero attached hydrogens (tertiary/aromatic N) is 1. The molecule has 2 heterocycles. The zero-order valence-electron chi connectivity index (χ0n) is 31.3. The first-order chi connectivity index (χ1) is 23.5. The van der Waals surface area contributed by atoms with Crippen molar-refractivity contribution in [1.29, 1.82) is 0 Å². The molecule has 0 aliphatic heterocycles. The third-order valence-electron chi connectivity index (χ3n) is 10.6. The van der Waals surface area contributed by atoms with Crippen molar-refractivity contribution in [2.75, 3.05) is 0 Å². The second-order valence-electron chi connectivity index (χ2n) is 14.6. The standard InChI is InChI=1S/C27H21F3GeNS.C15H28O2.Ir/c1-15-18-11-12-32-25(27(18)33-26(15)23-20(28)9-10-21(29)24(23)30)17-13-16-7-5-6-8-19(16)22(14-17)31(2,3)4;1-7-14(5,8-2)12(16)11-13(17)15(6,9-3)10-4;/h5-12,14H,1-4H3;11,16H,7-10H2,1-6H3;/q-1;;/b;12-11-;. The molecule has 0 spiro atoms. The number of halogens is 3. The van der Waals surface area contributed by atoms with Crippen LogP contribution < -0.4 is 4.40 Å². The molecule has 3 aromatic carbocycles. The Balaban J connectivity index is 0.000000335. The van der Waals surface area contributed by atoms with Crippen LogP contribution >= 0.6 is 11.3 Å². The fourth-order valence-electron chi connectivity index (χ4n) is 5.98. The predicted molar refractivity (Wildman–Crippen MR) is 208 cm³/mol. The van der Waals surface area contributed by atoms with Crippen LogP contribution in [0, 0.1) is 41.3 Å². The Kier molecular flexibility index (Phi) is 14.1. The Morgan fingerprint density at radius 1 is 0.902 bits per heavy atom. The molecule has 9 heteroatoms. The third kappa shape index (κ3) is 8.72. The summed E-state index contributed by atoms with van der Waals surface area (Å²) in [5.74, 6) is 4.32. The summed E-state index contributed by atoms with van der Waals surface area (Å²) in [6.45, 7) is 13.9. The van der Waals surface area contributed by atoms with Crippen LogP contribution in [0.25, 0.3) is 42.6 Å². The molecule has 0 saturated heterocycles. The summed E-state index contributed by atoms with van der Waals surface area (Å²) >= 11 is -1.01. The Hall–Kier alpha value is -2.78. The summed E-state index contributed by atoms with van der Waals surface area (Å²) in [4.78, 5) is 17.2. The molecule has 0 aliphatic rings. The Morgan fingerprint density at radius 2 is 1.49 bits per heavy atom. The van der Waals surface area contributed by atoms with E-state index in [2.05, 4.69) is 46.5 Å². The zero-order chi connectivity index (χ0) is 37.2. The van der Waals surface area contributed by atoms with Crippen LogP contribution in [-0.4, -0.2) is 29.1 Å². The first-order valence-corrected chi connectivity index (χ1v) is 25.6. The third-order valence-corrected chi connectivity index (χ3v) is 16.2. The van der Waals surface area contributed by atoms with Gasteiger partial charge in [0.1, 0.15) is 5.76 Å². The van der Waals surface area contributed by atoms with E-state index in [1.54, 1.807) is 6.20 Å². The van der Waals surface area contributed by atoms with Crippen molar-refractivity contribution in [3.63, 3.8) is 0 Å². The smallest absolute Gasteiger partial charge is 0 e. The van der Waals surface area contributed by atoms with Crippen LogP contribution in [-0.2, 0) is 24.9 Å². The Labute approximate surface area is 321 Å². The molecule has 5 rings (SSSR count). The predicted octanol–water partition coefficient (Wildman–Crippen LogP) is 12.5. The molecule has 0 aliphatic carbocycles. The molecule has 3 nitrogen and oxygen atoms in total. The van der Waals surface area contributed by atoms with Crippen LogP contribution in [0.4, 0.5) is 13.2 Å². The minimum Gasteiger partial charge on any atom is 0 e. The number of hydrogen-bond acceptors (Lipinski definition) is 4. The first kappa shape index (κ1) is 42.6. The molecule has 0 atom stereocenters. The van der Waals surface area contributed by atoms with Gasteiger partial charge in [-0.3, -0.25) is 4.79 Å². The topological polar surface area (TPSA) is 50.2 Å². The largest absolute Gasteiger partial charge is 0 e. The van der Waals surface area contributed by atoms with Crippen molar-refractivity contribution in [3.8, 4) is 21.7 Å². The van der Waals surface area contributed by atoms with E-state index >= 15 is 0 Å². The van der Waals surface area contributed by atoms with Gasteiger partial charge >= 0.3 is 198 Å². The number of pyridine rings is 1. The van der Waals surface area contributed by atoms with Gasteiger partial charge in [0, 0.05) is 37.0 Å². The van der Waals surface area contributed by atoms with Gasteiger partial charge in [0.15, 0.2) is 5.78 Å². The SMILES string of the molecule is CCC(C)(CC)C(=O)/C=C(\O)C(C)(CC)CC.Cc1c(-c2c(F)ccc(F)c2F)sc2c(-c3[c-]c4ccccc4[c]([Ge]([CH3])([CH3])[CH3])c3)nccc12.[Ir]. The van der Waals surface area contributed by atoms with E-state index in [1.165, 1.54) is 27.2 Å². The molecule has 1 radical (unpaired) electrons. The molecule has 2 aromatic heterocycles. The fraction of sp³-hybridized carbons (Fsp3) is 0.381. The average molecular weight is 954 g/mol. The molecule has 5 aromatic rings. The molecule has 0 unspecified atom stereocenters. The number of aliphatic hydroxyl groups excluding tert-OH is 1. The molecule has 51 heavy (non-hydrogen) atoms. The molecule has 0 bridgehead atoms. The molecule has 0 fully saturated rings. The van der Waals surface area contributed by atoms with Crippen LogP contribution in [0.5, 0.6) is 0 Å². The zero-order valence-corrected chi connectivity index (χ0v) is 36.6. The van der Waals surface area contributed by atoms with E-state index in [9.17, 15) is 23.1 Å². The van der Waals surface area contributed by atoms with Crippen LogP contribution in [0.3, 0.4) is 0 Å². The molecule has 1 N–H and O–H groups in total. The van der Waals surface area contributed by atoms with Gasteiger partial charge in [-0.15, -0.1) is 0 Å². The van der Waals surface area contributed by atoms with E-state index in [1.807, 2.05) is 66.7 Å². The number of rotatable bonds is 10. The Morgan fingerprint density at radius 3 is 2.08 bits per heavy atom. The average Bonchev–Trinajstić information content (AvgIpc) is 3.44. The van der Waals surface area contributed by atoms with Gasteiger partial charge in [-0.2, -0.15) is 0 Å². The number of carbonyl (C=O) groups excluding carboxylic acids is 1. The van der Waals surface area contributed by atoms with Crippen molar-refractivity contribution in [2.45, 2.75) is 91.4 Å². The van der Waals surface area contributed by atoms with Crippen molar-refractivity contribution in [3.05, 3.63) is 95.6 Å². The van der Waals surface area contributed by atoms with Crippen LogP contribution in [0.15, 0.2) is 66.6 Å². The van der Waals surface area contributed by atoms with E-state index in [4.69, 9.17) is 0 Å². The van der Waals surface area contributed by atoms with Gasteiger partial charge in [-0.25, -0.2) is 0 Å². The van der Waals surface area contributed by atoms with Crippen molar-refractivity contribution in [2.24, 2.45) is 10.8 Å². The minimum atomic E-state index is -2.25. The summed E-state index contributed by atoms with van der Waals surface area (Å²) in [5, 5.41) is 13.2. The van der Waals surface area contributed by atoms with E-state index in [-0.39, 0.29) is 48.0 Å². The number of ketones is 1. The van der Waals surface area contributed by atoms with E-state index < -0.39 is 30.7 Å². The van der Waals surface area contributed by atoms with Gasteiger partial charge in [0.25, 0.3) is 0 Å². The number of aliphatic hydroxyl groups is 1. The van der Waals surface area contributed by atoms with Crippen molar-refractivity contribution < 1.29 is 43.2 Å². The first-order valence-electron chi connectivity index (χ1n) is 17.4. The van der Waals surface area contributed by atoms with Crippen molar-refractivity contribution in [1.82, 2.24) is 4.98 Å². The summed E-state index contributed by atoms with van der Waals surface area (Å²) in [6, 6.07) is 17.6. The summed E-state index contributed by atoms with van der Waals surface area (Å²) < 4.78 is 45.3. The summed E-state index contributed by atoms with van der Waals surface area (Å²) in [5.41, 5.74) is 1.36. The summed E-state index contributed by atoms with van der Waals surface area (Å²) in [6.07, 6.45) is 6.46. The summed E-state index contributed by atoms with van der Waals surface area (Å²) in [7, 11) is 0. The minimum absolute atomic E-state index is 0. The maximum Gasteiger partial charge on any atom is 0 e. The second-order valence-corrected chi connectivity index (χ2v) is 26.2. The molecular formula is C42H49F3GeIrNO2S-. The van der Waals surface area contributed by atoms with E-state index in [0.717, 1.165) is 64.5 Å². The molecule has 275 valence electrons. The van der Waals surface area contributed by atoms with Gasteiger partial charge in [-0.05, 0) is 25.7 Å². The maximum absolute atomic E-state index is 14.6. The molecular weight excluding hydrogens is 904 g/mol. The van der Waals surface area contributed by atoms with E-state index in [0.29, 0.717) is 10.4 Å². The number of aryl methyl sites for hydroxylation is 1. The monoisotopic (exact) mass is 955 g/mol. The normalized spacial score (nSPS) is 12.5. The molecule has 0 amide bonds. The molecule has 0 saturated carbocycles. The number of allylic oxidation sites excluding steroid dienone is 2. The number of benzene rings is 3. The van der Waals surface area contributed by atoms with Crippen molar-refractivity contribution >= 4 is 55.6 Å². The van der Waals surface area contributed by atoms with Gasteiger partial charge < -0.3 is 5.11 Å². The number of carbonyl (C=O) groups is 1. The second kappa shape index (κ2) is 16.9.